The minimum absolute atomic E-state index is 0.0711. The van der Waals surface area contributed by atoms with Crippen LogP contribution in [0.1, 0.15) is 32.6 Å². The molecule has 2 saturated carbocycles. The fourth-order valence-corrected chi connectivity index (χ4v) is 3.87. The molecule has 0 radical (unpaired) electrons. The summed E-state index contributed by atoms with van der Waals surface area (Å²) in [6.07, 6.45) is 4.50. The van der Waals surface area contributed by atoms with Crippen molar-refractivity contribution in [3.8, 4) is 0 Å². The number of amides is 1. The molecule has 0 heterocycles. The summed E-state index contributed by atoms with van der Waals surface area (Å²) >= 11 is 0. The van der Waals surface area contributed by atoms with E-state index in [1.165, 1.54) is 12.5 Å². The number of fused-ring (bicyclic) bond motifs is 2. The molecule has 108 valence electrons. The Kier molecular flexibility index (Phi) is 3.48. The number of nitrogens with zero attached hydrogens (tertiary/aromatic N) is 1. The van der Waals surface area contributed by atoms with Gasteiger partial charge in [0, 0.05) is 24.2 Å². The second-order valence-electron chi connectivity index (χ2n) is 5.96. The normalized spacial score (nSPS) is 27.9. The van der Waals surface area contributed by atoms with Gasteiger partial charge in [0.25, 0.3) is 0 Å². The van der Waals surface area contributed by atoms with Crippen LogP contribution in [0.3, 0.4) is 0 Å². The van der Waals surface area contributed by atoms with E-state index >= 15 is 0 Å². The standard InChI is InChI=1S/C16H19F2NO/c1-2-19(12-5-6-14(17)15(18)9-12)16(20)13-8-10-3-4-11(13)7-10/h5-6,9-11,13H,2-4,7-8H2,1H3. The number of hydrogen-bond acceptors (Lipinski definition) is 1. The third-order valence-corrected chi connectivity index (χ3v) is 4.85. The van der Waals surface area contributed by atoms with Gasteiger partial charge in [-0.3, -0.25) is 4.79 Å². The third-order valence-electron chi connectivity index (χ3n) is 4.85. The van der Waals surface area contributed by atoms with E-state index in [-0.39, 0.29) is 11.8 Å². The molecular formula is C16H19F2NO. The molecule has 3 rings (SSSR count). The predicted molar refractivity (Wildman–Crippen MR) is 73.3 cm³/mol. The Morgan fingerprint density at radius 1 is 1.25 bits per heavy atom. The van der Waals surface area contributed by atoms with Crippen LogP contribution in [0.4, 0.5) is 14.5 Å². The lowest BCUT2D eigenvalue weighted by atomic mass is 9.87. The van der Waals surface area contributed by atoms with Gasteiger partial charge >= 0.3 is 0 Å². The van der Waals surface area contributed by atoms with E-state index in [2.05, 4.69) is 0 Å². The van der Waals surface area contributed by atoms with E-state index in [9.17, 15) is 13.6 Å². The molecule has 3 unspecified atom stereocenters. The summed E-state index contributed by atoms with van der Waals surface area (Å²) in [5.74, 6) is -0.448. The molecular weight excluding hydrogens is 260 g/mol. The summed E-state index contributed by atoms with van der Waals surface area (Å²) < 4.78 is 26.4. The Bertz CT molecular complexity index is 531. The van der Waals surface area contributed by atoms with Crippen LogP contribution in [0.5, 0.6) is 0 Å². The van der Waals surface area contributed by atoms with Gasteiger partial charge in [0.1, 0.15) is 0 Å². The van der Waals surface area contributed by atoms with Crippen molar-refractivity contribution in [1.82, 2.24) is 0 Å². The Morgan fingerprint density at radius 3 is 2.60 bits per heavy atom. The molecule has 2 aliphatic carbocycles. The van der Waals surface area contributed by atoms with Crippen molar-refractivity contribution < 1.29 is 13.6 Å². The summed E-state index contributed by atoms with van der Waals surface area (Å²) in [5, 5.41) is 0. The maximum absolute atomic E-state index is 13.4. The van der Waals surface area contributed by atoms with Gasteiger partial charge in [-0.1, -0.05) is 6.42 Å². The van der Waals surface area contributed by atoms with Crippen molar-refractivity contribution in [3.05, 3.63) is 29.8 Å². The maximum Gasteiger partial charge on any atom is 0.230 e. The molecule has 0 spiro atoms. The van der Waals surface area contributed by atoms with Crippen LogP contribution in [0.2, 0.25) is 0 Å². The molecule has 0 aliphatic heterocycles. The van der Waals surface area contributed by atoms with E-state index in [0.717, 1.165) is 31.4 Å². The molecule has 0 saturated heterocycles. The van der Waals surface area contributed by atoms with Gasteiger partial charge in [-0.15, -0.1) is 0 Å². The largest absolute Gasteiger partial charge is 0.312 e. The minimum Gasteiger partial charge on any atom is -0.312 e. The first-order valence-corrected chi connectivity index (χ1v) is 7.36. The van der Waals surface area contributed by atoms with E-state index in [4.69, 9.17) is 0 Å². The van der Waals surface area contributed by atoms with E-state index in [1.807, 2.05) is 6.92 Å². The molecule has 1 aromatic rings. The quantitative estimate of drug-likeness (QED) is 0.825. The average molecular weight is 279 g/mol. The highest BCUT2D eigenvalue weighted by Gasteiger charge is 2.44. The van der Waals surface area contributed by atoms with Crippen LogP contribution in [0.15, 0.2) is 18.2 Å². The number of carbonyl (C=O) groups excluding carboxylic acids is 1. The Balaban J connectivity index is 1.82. The monoisotopic (exact) mass is 279 g/mol. The van der Waals surface area contributed by atoms with Crippen molar-refractivity contribution in [2.45, 2.75) is 32.6 Å². The van der Waals surface area contributed by atoms with Crippen molar-refractivity contribution in [1.29, 1.82) is 0 Å². The second kappa shape index (κ2) is 5.15. The van der Waals surface area contributed by atoms with Gasteiger partial charge in [-0.2, -0.15) is 0 Å². The van der Waals surface area contributed by atoms with E-state index in [0.29, 0.717) is 24.1 Å². The van der Waals surface area contributed by atoms with Crippen LogP contribution >= 0.6 is 0 Å². The summed E-state index contributed by atoms with van der Waals surface area (Å²) in [6.45, 7) is 2.35. The number of anilines is 1. The summed E-state index contributed by atoms with van der Waals surface area (Å²) in [6, 6.07) is 3.68. The topological polar surface area (TPSA) is 20.3 Å². The van der Waals surface area contributed by atoms with Gasteiger partial charge in [0.15, 0.2) is 11.6 Å². The summed E-state index contributed by atoms with van der Waals surface area (Å²) in [7, 11) is 0. The van der Waals surface area contributed by atoms with Crippen molar-refractivity contribution in [2.75, 3.05) is 11.4 Å². The molecule has 20 heavy (non-hydrogen) atoms. The molecule has 2 nitrogen and oxygen atoms in total. The van der Waals surface area contributed by atoms with Crippen LogP contribution in [-0.4, -0.2) is 12.5 Å². The lowest BCUT2D eigenvalue weighted by Gasteiger charge is -2.28. The first-order valence-electron chi connectivity index (χ1n) is 7.36. The van der Waals surface area contributed by atoms with E-state index < -0.39 is 11.6 Å². The first kappa shape index (κ1) is 13.5. The number of halogens is 2. The number of benzene rings is 1. The smallest absolute Gasteiger partial charge is 0.230 e. The molecule has 2 aliphatic rings. The van der Waals surface area contributed by atoms with Crippen LogP contribution in [0.25, 0.3) is 0 Å². The molecule has 0 aromatic heterocycles. The second-order valence-corrected chi connectivity index (χ2v) is 5.96. The fraction of sp³-hybridized carbons (Fsp3) is 0.562. The molecule has 4 heteroatoms. The molecule has 3 atom stereocenters. The van der Waals surface area contributed by atoms with Crippen LogP contribution in [0, 0.1) is 29.4 Å². The van der Waals surface area contributed by atoms with E-state index in [1.54, 1.807) is 4.90 Å². The van der Waals surface area contributed by atoms with Gasteiger partial charge in [0.2, 0.25) is 5.91 Å². The Labute approximate surface area is 117 Å². The summed E-state index contributed by atoms with van der Waals surface area (Å²) in [5.41, 5.74) is 0.458. The SMILES string of the molecule is CCN(C(=O)C1CC2CCC1C2)c1ccc(F)c(F)c1. The molecule has 0 N–H and O–H groups in total. The molecule has 2 fully saturated rings. The highest BCUT2D eigenvalue weighted by Crippen LogP contribution is 2.49. The maximum atomic E-state index is 13.4. The molecule has 1 aromatic carbocycles. The highest BCUT2D eigenvalue weighted by molar-refractivity contribution is 5.95. The van der Waals surface area contributed by atoms with Gasteiger partial charge < -0.3 is 4.90 Å². The first-order chi connectivity index (χ1) is 9.60. The number of rotatable bonds is 3. The Morgan fingerprint density at radius 2 is 2.05 bits per heavy atom. The number of hydrogen-bond donors (Lipinski definition) is 0. The minimum atomic E-state index is -0.901. The lowest BCUT2D eigenvalue weighted by Crippen LogP contribution is -2.38. The third kappa shape index (κ3) is 2.21. The fourth-order valence-electron chi connectivity index (χ4n) is 3.87. The van der Waals surface area contributed by atoms with Crippen LogP contribution in [-0.2, 0) is 4.79 Å². The lowest BCUT2D eigenvalue weighted by molar-refractivity contribution is -0.123. The highest BCUT2D eigenvalue weighted by atomic mass is 19.2. The van der Waals surface area contributed by atoms with Gasteiger partial charge in [0.05, 0.1) is 0 Å². The molecule has 2 bridgehead atoms. The Hall–Kier alpha value is -1.45. The van der Waals surface area contributed by atoms with Gasteiger partial charge in [-0.25, -0.2) is 8.78 Å². The van der Waals surface area contributed by atoms with Crippen molar-refractivity contribution in [2.24, 2.45) is 17.8 Å². The van der Waals surface area contributed by atoms with Crippen LogP contribution < -0.4 is 4.90 Å². The van der Waals surface area contributed by atoms with Crippen molar-refractivity contribution >= 4 is 11.6 Å². The zero-order valence-electron chi connectivity index (χ0n) is 11.6. The van der Waals surface area contributed by atoms with Gasteiger partial charge in [-0.05, 0) is 50.2 Å². The zero-order valence-corrected chi connectivity index (χ0v) is 11.6. The summed E-state index contributed by atoms with van der Waals surface area (Å²) in [4.78, 5) is 14.3. The van der Waals surface area contributed by atoms with Crippen molar-refractivity contribution in [3.63, 3.8) is 0 Å². The average Bonchev–Trinajstić information content (AvgIpc) is 3.06. The molecule has 1 amide bonds. The number of carbonyl (C=O) groups is 1. The zero-order chi connectivity index (χ0) is 14.3. The predicted octanol–water partition coefficient (Wildman–Crippen LogP) is 3.75.